The van der Waals surface area contributed by atoms with Crippen LogP contribution in [0.15, 0.2) is 53.6 Å². The van der Waals surface area contributed by atoms with Gasteiger partial charge in [0.1, 0.15) is 0 Å². The molecule has 0 fully saturated rings. The number of halogens is 3. The molecular weight excluding hydrogens is 337 g/mol. The number of para-hydroxylation sites is 2. The van der Waals surface area contributed by atoms with Gasteiger partial charge in [-0.25, -0.2) is 5.43 Å². The monoisotopic (exact) mass is 352 g/mol. The van der Waals surface area contributed by atoms with E-state index in [1.807, 2.05) is 0 Å². The fourth-order valence-corrected chi connectivity index (χ4v) is 1.89. The first-order valence-electron chi connectivity index (χ1n) is 7.15. The molecule has 0 radical (unpaired) electrons. The van der Waals surface area contributed by atoms with Gasteiger partial charge in [0.15, 0.2) is 18.1 Å². The topological polar surface area (TPSA) is 59.9 Å². The second kappa shape index (κ2) is 8.18. The second-order valence-electron chi connectivity index (χ2n) is 4.86. The van der Waals surface area contributed by atoms with Crippen LogP contribution in [0.5, 0.6) is 11.5 Å². The number of ether oxygens (including phenoxy) is 2. The largest absolute Gasteiger partial charge is 0.493 e. The van der Waals surface area contributed by atoms with Gasteiger partial charge in [-0.15, -0.1) is 0 Å². The molecule has 2 aromatic carbocycles. The molecule has 0 unspecified atom stereocenters. The normalized spacial score (nSPS) is 11.4. The molecule has 0 atom stereocenters. The summed E-state index contributed by atoms with van der Waals surface area (Å²) in [4.78, 5) is 11.7. The number of benzene rings is 2. The van der Waals surface area contributed by atoms with Crippen LogP contribution < -0.4 is 14.9 Å². The van der Waals surface area contributed by atoms with Gasteiger partial charge >= 0.3 is 6.18 Å². The Labute approximate surface area is 142 Å². The van der Waals surface area contributed by atoms with Crippen LogP contribution in [0.4, 0.5) is 13.2 Å². The van der Waals surface area contributed by atoms with Crippen LogP contribution in [0.1, 0.15) is 11.1 Å². The molecule has 0 aromatic heterocycles. The van der Waals surface area contributed by atoms with Gasteiger partial charge in [-0.3, -0.25) is 4.79 Å². The minimum Gasteiger partial charge on any atom is -0.493 e. The Morgan fingerprint density at radius 1 is 1.16 bits per heavy atom. The van der Waals surface area contributed by atoms with E-state index in [1.165, 1.54) is 19.2 Å². The number of nitrogens with zero attached hydrogens (tertiary/aromatic N) is 1. The lowest BCUT2D eigenvalue weighted by molar-refractivity contribution is -0.137. The molecule has 0 aliphatic carbocycles. The van der Waals surface area contributed by atoms with Crippen molar-refractivity contribution in [3.05, 3.63) is 59.7 Å². The standard InChI is InChI=1S/C17H15F3N2O3/c1-24-14-7-2-3-8-15(14)25-11-16(23)22-21-10-12-5-4-6-13(9-12)17(18,19)20/h2-10H,11H2,1H3,(H,22,23)/b21-10-. The highest BCUT2D eigenvalue weighted by atomic mass is 19.4. The van der Waals surface area contributed by atoms with Crippen LogP contribution in [0.3, 0.4) is 0 Å². The van der Waals surface area contributed by atoms with Gasteiger partial charge in [0.25, 0.3) is 5.91 Å². The third kappa shape index (κ3) is 5.52. The summed E-state index contributed by atoms with van der Waals surface area (Å²) in [5, 5.41) is 3.62. The molecule has 2 aromatic rings. The molecule has 25 heavy (non-hydrogen) atoms. The summed E-state index contributed by atoms with van der Waals surface area (Å²) in [6.45, 7) is -0.319. The maximum absolute atomic E-state index is 12.6. The summed E-state index contributed by atoms with van der Waals surface area (Å²) in [5.41, 5.74) is 1.60. The minimum atomic E-state index is -4.43. The zero-order valence-corrected chi connectivity index (χ0v) is 13.2. The van der Waals surface area contributed by atoms with Crippen molar-refractivity contribution in [2.24, 2.45) is 5.10 Å². The summed E-state index contributed by atoms with van der Waals surface area (Å²) in [7, 11) is 1.47. The smallest absolute Gasteiger partial charge is 0.416 e. The number of carbonyl (C=O) groups is 1. The Bertz CT molecular complexity index is 761. The van der Waals surface area contributed by atoms with Crippen LogP contribution in [-0.4, -0.2) is 25.8 Å². The molecule has 0 saturated carbocycles. The molecule has 0 spiro atoms. The fraction of sp³-hybridized carbons (Fsp3) is 0.176. The van der Waals surface area contributed by atoms with Crippen molar-refractivity contribution in [2.75, 3.05) is 13.7 Å². The highest BCUT2D eigenvalue weighted by molar-refractivity contribution is 5.83. The highest BCUT2D eigenvalue weighted by Crippen LogP contribution is 2.29. The van der Waals surface area contributed by atoms with Crippen molar-refractivity contribution in [1.29, 1.82) is 0 Å². The molecule has 0 saturated heterocycles. The predicted molar refractivity (Wildman–Crippen MR) is 85.7 cm³/mol. The SMILES string of the molecule is COc1ccccc1OCC(=O)N/N=C\c1cccc(C(F)(F)F)c1. The molecule has 5 nitrogen and oxygen atoms in total. The summed E-state index contributed by atoms with van der Waals surface area (Å²) in [6, 6.07) is 11.4. The van der Waals surface area contributed by atoms with Crippen molar-refractivity contribution in [3.63, 3.8) is 0 Å². The first-order valence-corrected chi connectivity index (χ1v) is 7.15. The highest BCUT2D eigenvalue weighted by Gasteiger charge is 2.30. The molecule has 0 bridgehead atoms. The molecule has 132 valence electrons. The number of alkyl halides is 3. The van der Waals surface area contributed by atoms with E-state index in [0.717, 1.165) is 18.3 Å². The van der Waals surface area contributed by atoms with Crippen LogP contribution in [0.25, 0.3) is 0 Å². The summed E-state index contributed by atoms with van der Waals surface area (Å²) >= 11 is 0. The number of amides is 1. The number of nitrogens with one attached hydrogen (secondary N) is 1. The molecule has 0 heterocycles. The Balaban J connectivity index is 1.88. The first-order chi connectivity index (χ1) is 11.9. The molecule has 2 rings (SSSR count). The minimum absolute atomic E-state index is 0.209. The van der Waals surface area contributed by atoms with Crippen molar-refractivity contribution in [1.82, 2.24) is 5.43 Å². The quantitative estimate of drug-likeness (QED) is 0.641. The van der Waals surface area contributed by atoms with E-state index in [0.29, 0.717) is 11.5 Å². The lowest BCUT2D eigenvalue weighted by atomic mass is 10.1. The third-order valence-electron chi connectivity index (χ3n) is 3.04. The molecule has 1 amide bonds. The molecule has 0 aliphatic rings. The molecule has 0 aliphatic heterocycles. The van der Waals surface area contributed by atoms with E-state index in [9.17, 15) is 18.0 Å². The number of methoxy groups -OCH3 is 1. The third-order valence-corrected chi connectivity index (χ3v) is 3.04. The average Bonchev–Trinajstić information content (AvgIpc) is 2.59. The van der Waals surface area contributed by atoms with Crippen LogP contribution in [0.2, 0.25) is 0 Å². The van der Waals surface area contributed by atoms with E-state index in [1.54, 1.807) is 24.3 Å². The van der Waals surface area contributed by atoms with E-state index < -0.39 is 17.6 Å². The summed E-state index contributed by atoms with van der Waals surface area (Å²) < 4.78 is 48.2. The van der Waals surface area contributed by atoms with Crippen molar-refractivity contribution >= 4 is 12.1 Å². The van der Waals surface area contributed by atoms with Crippen LogP contribution in [0, 0.1) is 0 Å². The zero-order valence-electron chi connectivity index (χ0n) is 13.2. The van der Waals surface area contributed by atoms with E-state index in [4.69, 9.17) is 9.47 Å². The van der Waals surface area contributed by atoms with Crippen molar-refractivity contribution < 1.29 is 27.4 Å². The summed E-state index contributed by atoms with van der Waals surface area (Å²) in [5.74, 6) is 0.305. The van der Waals surface area contributed by atoms with E-state index >= 15 is 0 Å². The van der Waals surface area contributed by atoms with Gasteiger partial charge in [-0.2, -0.15) is 18.3 Å². The molecule has 1 N–H and O–H groups in total. The van der Waals surface area contributed by atoms with E-state index in [2.05, 4.69) is 10.5 Å². The Morgan fingerprint density at radius 3 is 2.56 bits per heavy atom. The first kappa shape index (κ1) is 18.3. The van der Waals surface area contributed by atoms with E-state index in [-0.39, 0.29) is 12.2 Å². The van der Waals surface area contributed by atoms with Crippen molar-refractivity contribution in [2.45, 2.75) is 6.18 Å². The Kier molecular flexibility index (Phi) is 5.99. The van der Waals surface area contributed by atoms with Gasteiger partial charge in [0, 0.05) is 0 Å². The number of hydrogen-bond acceptors (Lipinski definition) is 4. The maximum Gasteiger partial charge on any atom is 0.416 e. The van der Waals surface area contributed by atoms with Gasteiger partial charge in [0.2, 0.25) is 0 Å². The van der Waals surface area contributed by atoms with Gasteiger partial charge < -0.3 is 9.47 Å². The number of hydrogen-bond donors (Lipinski definition) is 1. The average molecular weight is 352 g/mol. The van der Waals surface area contributed by atoms with Gasteiger partial charge in [0.05, 0.1) is 18.9 Å². The van der Waals surface area contributed by atoms with Crippen molar-refractivity contribution in [3.8, 4) is 11.5 Å². The maximum atomic E-state index is 12.6. The number of hydrazone groups is 1. The van der Waals surface area contributed by atoms with Gasteiger partial charge in [-0.05, 0) is 29.8 Å². The number of rotatable bonds is 6. The Morgan fingerprint density at radius 2 is 1.88 bits per heavy atom. The lowest BCUT2D eigenvalue weighted by Gasteiger charge is -2.09. The number of carbonyl (C=O) groups excluding carboxylic acids is 1. The molecular formula is C17H15F3N2O3. The summed E-state index contributed by atoms with van der Waals surface area (Å²) in [6.07, 6.45) is -3.31. The second-order valence-corrected chi connectivity index (χ2v) is 4.86. The lowest BCUT2D eigenvalue weighted by Crippen LogP contribution is -2.24. The van der Waals surface area contributed by atoms with Crippen LogP contribution in [-0.2, 0) is 11.0 Å². The predicted octanol–water partition coefficient (Wildman–Crippen LogP) is 3.24. The van der Waals surface area contributed by atoms with Gasteiger partial charge in [-0.1, -0.05) is 24.3 Å². The molecule has 8 heteroatoms. The fourth-order valence-electron chi connectivity index (χ4n) is 1.89. The Hall–Kier alpha value is -3.03. The zero-order chi connectivity index (χ0) is 18.3. The van der Waals surface area contributed by atoms with Crippen LogP contribution >= 0.6 is 0 Å².